The fraction of sp³-hybridized carbons (Fsp3) is 0.778. The van der Waals surface area contributed by atoms with Gasteiger partial charge in [0.25, 0.3) is 0 Å². The monoisotopic (exact) mass is 598 g/mol. The van der Waals surface area contributed by atoms with Gasteiger partial charge in [-0.05, 0) is 116 Å². The highest BCUT2D eigenvalue weighted by Crippen LogP contribution is 2.45. The first-order valence-corrected chi connectivity index (χ1v) is 20.7. The Morgan fingerprint density at radius 1 is 0.878 bits per heavy atom. The Bertz CT molecular complexity index is 907. The molecule has 3 rings (SSSR count). The second kappa shape index (κ2) is 15.3. The molecule has 2 saturated carbocycles. The molecule has 2 fully saturated rings. The van der Waals surface area contributed by atoms with Crippen molar-refractivity contribution in [2.24, 2.45) is 47.3 Å². The van der Waals surface area contributed by atoms with Gasteiger partial charge in [-0.1, -0.05) is 105 Å². The van der Waals surface area contributed by atoms with E-state index in [1.54, 1.807) is 11.8 Å². The molecule has 0 aromatic heterocycles. The van der Waals surface area contributed by atoms with Crippen LogP contribution in [-0.4, -0.2) is 15.2 Å². The predicted molar refractivity (Wildman–Crippen MR) is 185 cm³/mol. The zero-order valence-electron chi connectivity index (χ0n) is 28.5. The van der Waals surface area contributed by atoms with Gasteiger partial charge in [-0.15, -0.1) is 0 Å². The van der Waals surface area contributed by atoms with Crippen molar-refractivity contribution in [3.05, 3.63) is 41.7 Å². The minimum Gasteiger partial charge on any atom is -0.554 e. The molecule has 0 unspecified atom stereocenters. The predicted octanol–water partition coefficient (Wildman–Crippen LogP) is 12.0. The van der Waals surface area contributed by atoms with E-state index in [2.05, 4.69) is 106 Å². The molecular weight excluding hydrogens is 535 g/mol. The lowest BCUT2D eigenvalue weighted by molar-refractivity contribution is 0.146. The Morgan fingerprint density at radius 3 is 1.80 bits per heavy atom. The third kappa shape index (κ3) is 10.4. The van der Waals surface area contributed by atoms with Crippen LogP contribution in [0, 0.1) is 47.3 Å². The molecule has 0 saturated heterocycles. The molecule has 6 atom stereocenters. The zero-order chi connectivity index (χ0) is 30.4. The molecule has 0 heterocycles. The lowest BCUT2D eigenvalue weighted by atomic mass is 9.49. The number of benzene rings is 1. The Morgan fingerprint density at radius 2 is 1.37 bits per heavy atom. The van der Waals surface area contributed by atoms with E-state index in [9.17, 15) is 0 Å². The van der Waals surface area contributed by atoms with Crippen molar-refractivity contribution in [1.82, 2.24) is 0 Å². The van der Waals surface area contributed by atoms with E-state index < -0.39 is 8.32 Å². The fourth-order valence-electron chi connectivity index (χ4n) is 7.43. The Balaban J connectivity index is 1.93. The molecule has 2 nitrogen and oxygen atoms in total. The molecule has 0 spiro atoms. The van der Waals surface area contributed by atoms with Crippen LogP contribution in [0.25, 0.3) is 0 Å². The van der Waals surface area contributed by atoms with Gasteiger partial charge < -0.3 is 9.08 Å². The summed E-state index contributed by atoms with van der Waals surface area (Å²) in [6.07, 6.45) is 12.6. The maximum atomic E-state index is 7.22. The highest BCUT2D eigenvalue weighted by atomic mass is 32.2. The van der Waals surface area contributed by atoms with Crippen LogP contribution in [0.4, 0.5) is 0 Å². The number of hydrogen-bond acceptors (Lipinski definition) is 3. The lowest BCUT2D eigenvalue weighted by Crippen LogP contribution is -2.39. The van der Waals surface area contributed by atoms with E-state index >= 15 is 0 Å². The van der Waals surface area contributed by atoms with Crippen molar-refractivity contribution in [1.29, 1.82) is 0 Å². The minimum absolute atomic E-state index is 0.150. The highest BCUT2D eigenvalue weighted by Gasteiger charge is 2.40. The maximum absolute atomic E-state index is 7.22. The van der Waals surface area contributed by atoms with Crippen LogP contribution in [0.1, 0.15) is 101 Å². The van der Waals surface area contributed by atoms with Crippen molar-refractivity contribution in [2.45, 2.75) is 137 Å². The molecule has 0 amide bonds. The standard InChI is InChI=1S/C36H63BO2SSi/c1-26(2)33-19-17-28(5)21-30(33)23-37(24-31-22-29(6)18-20-34(31)27(3)4)39-35(40-32-15-13-12-14-16-32)25-38-41(10,11)36(7,8)9/h12-16,25-31,33-34H,17-24H2,1-11H3/b35-25-/t28-,29-,30-,31-,33+,34+/m1/s1. The molecule has 2 aliphatic carbocycles. The summed E-state index contributed by atoms with van der Waals surface area (Å²) in [5, 5.41) is 1.09. The van der Waals surface area contributed by atoms with Gasteiger partial charge >= 0.3 is 6.92 Å². The molecule has 0 radical (unpaired) electrons. The topological polar surface area (TPSA) is 18.5 Å². The van der Waals surface area contributed by atoms with Crippen molar-refractivity contribution >= 4 is 27.0 Å². The summed E-state index contributed by atoms with van der Waals surface area (Å²) in [5.74, 6) is 6.22. The molecular formula is C36H63BO2SSi. The number of hydrogen-bond donors (Lipinski definition) is 0. The molecule has 0 N–H and O–H groups in total. The van der Waals surface area contributed by atoms with Gasteiger partial charge in [0.2, 0.25) is 8.32 Å². The summed E-state index contributed by atoms with van der Waals surface area (Å²) < 4.78 is 13.9. The first-order valence-electron chi connectivity index (χ1n) is 16.9. The average Bonchev–Trinajstić information content (AvgIpc) is 2.87. The van der Waals surface area contributed by atoms with Crippen LogP contribution in [0.2, 0.25) is 30.8 Å². The Kier molecular flexibility index (Phi) is 12.9. The van der Waals surface area contributed by atoms with Gasteiger partial charge in [-0.25, -0.2) is 0 Å². The van der Waals surface area contributed by atoms with E-state index in [1.165, 1.54) is 56.1 Å². The minimum atomic E-state index is -1.96. The van der Waals surface area contributed by atoms with Crippen molar-refractivity contribution < 1.29 is 9.08 Å². The molecule has 41 heavy (non-hydrogen) atoms. The van der Waals surface area contributed by atoms with Crippen LogP contribution in [-0.2, 0) is 9.08 Å². The van der Waals surface area contributed by atoms with Crippen molar-refractivity contribution in [2.75, 3.05) is 0 Å². The number of thioether (sulfide) groups is 1. The molecule has 5 heteroatoms. The Hall–Kier alpha value is -0.808. The van der Waals surface area contributed by atoms with E-state index in [1.807, 2.05) is 6.26 Å². The third-order valence-corrected chi connectivity index (χ3v) is 16.2. The second-order valence-electron chi connectivity index (χ2n) is 16.1. The number of rotatable bonds is 12. The summed E-state index contributed by atoms with van der Waals surface area (Å²) >= 11 is 1.74. The molecule has 2 aliphatic rings. The van der Waals surface area contributed by atoms with Gasteiger partial charge in [0.1, 0.15) is 6.26 Å². The van der Waals surface area contributed by atoms with Crippen molar-refractivity contribution in [3.63, 3.8) is 0 Å². The highest BCUT2D eigenvalue weighted by molar-refractivity contribution is 8.03. The van der Waals surface area contributed by atoms with Crippen LogP contribution in [0.3, 0.4) is 0 Å². The molecule has 0 aliphatic heterocycles. The largest absolute Gasteiger partial charge is 0.554 e. The molecule has 232 valence electrons. The molecule has 1 aromatic carbocycles. The van der Waals surface area contributed by atoms with Gasteiger partial charge in [0.05, 0.1) is 0 Å². The van der Waals surface area contributed by atoms with E-state index in [4.69, 9.17) is 9.08 Å². The summed E-state index contributed by atoms with van der Waals surface area (Å²) in [5.41, 5.74) is 0. The van der Waals surface area contributed by atoms with Crippen LogP contribution in [0.5, 0.6) is 0 Å². The summed E-state index contributed by atoms with van der Waals surface area (Å²) in [6, 6.07) is 10.7. The normalized spacial score (nSPS) is 28.2. The third-order valence-electron chi connectivity index (χ3n) is 11.0. The maximum Gasteiger partial charge on any atom is 0.359 e. The Labute approximate surface area is 260 Å². The van der Waals surface area contributed by atoms with E-state index in [-0.39, 0.29) is 12.0 Å². The van der Waals surface area contributed by atoms with Crippen molar-refractivity contribution in [3.8, 4) is 0 Å². The van der Waals surface area contributed by atoms with Gasteiger partial charge in [0, 0.05) is 4.90 Å². The average molecular weight is 599 g/mol. The quantitative estimate of drug-likeness (QED) is 0.135. The van der Waals surface area contributed by atoms with Gasteiger partial charge in [0.15, 0.2) is 5.09 Å². The summed E-state index contributed by atoms with van der Waals surface area (Å²) in [4.78, 5) is 1.22. The van der Waals surface area contributed by atoms with E-state index in [0.717, 1.165) is 52.4 Å². The second-order valence-corrected chi connectivity index (χ2v) is 21.9. The smallest absolute Gasteiger partial charge is 0.359 e. The SMILES string of the molecule is CC(C)[C@@H]1CC[C@@H](C)C[C@@H]1CB(C[C@H]1C[C@H](C)CC[C@H]1C(C)C)O/C(=C/O[Si](C)(C)C(C)(C)C)Sc1ccccc1. The van der Waals surface area contributed by atoms with Crippen LogP contribution in [0.15, 0.2) is 46.6 Å². The summed E-state index contributed by atoms with van der Waals surface area (Å²) in [6.45, 7) is 26.6. The zero-order valence-corrected chi connectivity index (χ0v) is 30.4. The molecule has 1 aromatic rings. The first kappa shape index (κ1) is 34.7. The molecule has 0 bridgehead atoms. The van der Waals surface area contributed by atoms with Crippen LogP contribution < -0.4 is 0 Å². The first-order chi connectivity index (χ1) is 19.2. The lowest BCUT2D eigenvalue weighted by Gasteiger charge is -2.41. The van der Waals surface area contributed by atoms with Gasteiger partial charge in [-0.2, -0.15) is 0 Å². The van der Waals surface area contributed by atoms with E-state index in [0.29, 0.717) is 0 Å². The van der Waals surface area contributed by atoms with Crippen LogP contribution >= 0.6 is 11.8 Å². The fourth-order valence-corrected chi connectivity index (χ4v) is 9.07. The summed E-state index contributed by atoms with van der Waals surface area (Å²) in [7, 11) is -1.96. The van der Waals surface area contributed by atoms with Gasteiger partial charge in [-0.3, -0.25) is 0 Å².